The molecule has 0 aromatic heterocycles. The predicted octanol–water partition coefficient (Wildman–Crippen LogP) is 5.06. The van der Waals surface area contributed by atoms with E-state index in [4.69, 9.17) is 4.84 Å². The van der Waals surface area contributed by atoms with Crippen molar-refractivity contribution in [2.45, 2.75) is 18.7 Å². The van der Waals surface area contributed by atoms with Gasteiger partial charge in [0.15, 0.2) is 0 Å². The van der Waals surface area contributed by atoms with Gasteiger partial charge in [0.1, 0.15) is 6.61 Å². The number of benzene rings is 3. The summed E-state index contributed by atoms with van der Waals surface area (Å²) in [5, 5.41) is 3.91. The van der Waals surface area contributed by atoms with Crippen LogP contribution >= 0.6 is 0 Å². The molecule has 3 aromatic rings. The molecule has 30 heavy (non-hydrogen) atoms. The first-order valence-electron chi connectivity index (χ1n) is 9.51. The first kappa shape index (κ1) is 21.3. The van der Waals surface area contributed by atoms with Gasteiger partial charge >= 0.3 is 0 Å². The molecule has 0 aliphatic carbocycles. The van der Waals surface area contributed by atoms with Crippen molar-refractivity contribution in [1.29, 1.82) is 0 Å². The van der Waals surface area contributed by atoms with E-state index < -0.39 is 10.0 Å². The van der Waals surface area contributed by atoms with Crippen LogP contribution in [0.25, 0.3) is 0 Å². The molecule has 0 aliphatic rings. The highest BCUT2D eigenvalue weighted by molar-refractivity contribution is 7.93. The summed E-state index contributed by atoms with van der Waals surface area (Å²) < 4.78 is 27.7. The van der Waals surface area contributed by atoms with Crippen LogP contribution in [-0.4, -0.2) is 21.2 Å². The molecule has 3 aromatic carbocycles. The third-order valence-electron chi connectivity index (χ3n) is 4.35. The fourth-order valence-electron chi connectivity index (χ4n) is 2.68. The Bertz CT molecular complexity index is 1110. The normalized spacial score (nSPS) is 11.8. The lowest BCUT2D eigenvalue weighted by Crippen LogP contribution is -2.25. The fraction of sp³-hybridized carbons (Fsp3) is 0.125. The Kier molecular flexibility index (Phi) is 7.03. The van der Waals surface area contributed by atoms with Gasteiger partial charge in [-0.15, -0.1) is 0 Å². The quantitative estimate of drug-likeness (QED) is 0.291. The van der Waals surface area contributed by atoms with E-state index >= 15 is 0 Å². The highest BCUT2D eigenvalue weighted by Crippen LogP contribution is 2.25. The van der Waals surface area contributed by atoms with Crippen molar-refractivity contribution in [2.24, 2.45) is 5.16 Å². The van der Waals surface area contributed by atoms with Gasteiger partial charge in [-0.3, -0.25) is 0 Å². The number of rotatable bonds is 8. The van der Waals surface area contributed by atoms with Crippen LogP contribution in [0.3, 0.4) is 0 Å². The Morgan fingerprint density at radius 2 is 1.47 bits per heavy atom. The number of hydrogen-bond donors (Lipinski definition) is 0. The molecule has 6 heteroatoms. The second kappa shape index (κ2) is 9.89. The van der Waals surface area contributed by atoms with Gasteiger partial charge in [-0.25, -0.2) is 12.7 Å². The topological polar surface area (TPSA) is 59.0 Å². The molecule has 0 bridgehead atoms. The maximum Gasteiger partial charge on any atom is 0.268 e. The molecule has 0 spiro atoms. The summed E-state index contributed by atoms with van der Waals surface area (Å²) in [4.78, 5) is 5.46. The molecule has 154 valence electrons. The zero-order valence-corrected chi connectivity index (χ0v) is 17.8. The van der Waals surface area contributed by atoms with Crippen LogP contribution in [0.1, 0.15) is 16.7 Å². The highest BCUT2D eigenvalue weighted by Gasteiger charge is 2.23. The van der Waals surface area contributed by atoms with Gasteiger partial charge in [0.05, 0.1) is 16.8 Å². The zero-order valence-electron chi connectivity index (χ0n) is 17.0. The van der Waals surface area contributed by atoms with Crippen LogP contribution in [0, 0.1) is 13.8 Å². The molecule has 0 radical (unpaired) electrons. The number of anilines is 1. The van der Waals surface area contributed by atoms with E-state index in [2.05, 4.69) is 5.16 Å². The number of sulfonamides is 1. The number of aryl methyl sites for hydroxylation is 2. The lowest BCUT2D eigenvalue weighted by Gasteiger charge is -2.21. The number of nitrogens with zero attached hydrogens (tertiary/aromatic N) is 2. The van der Waals surface area contributed by atoms with Crippen molar-refractivity contribution in [3.05, 3.63) is 108 Å². The summed E-state index contributed by atoms with van der Waals surface area (Å²) in [6.45, 7) is 4.01. The standard InChI is InChI=1S/C24H24N2O3S/c1-20-9-13-23(14-10-20)26(30(27,28)24-15-11-21(2)12-16-24)17-6-18-29-25-19-22-7-4-3-5-8-22/h3-17,19H,18H2,1-2H3/b17-6+,25-19+. The molecule has 0 unspecified atom stereocenters. The van der Waals surface area contributed by atoms with Crippen LogP contribution < -0.4 is 4.31 Å². The third-order valence-corrected chi connectivity index (χ3v) is 6.07. The molecule has 3 rings (SSSR count). The molecule has 5 nitrogen and oxygen atoms in total. The molecule has 0 saturated carbocycles. The first-order chi connectivity index (χ1) is 14.5. The minimum Gasteiger partial charge on any atom is -0.391 e. The van der Waals surface area contributed by atoms with E-state index in [1.807, 2.05) is 56.3 Å². The predicted molar refractivity (Wildman–Crippen MR) is 121 cm³/mol. The van der Waals surface area contributed by atoms with Crippen molar-refractivity contribution in [2.75, 3.05) is 10.9 Å². The molecule has 0 aliphatic heterocycles. The van der Waals surface area contributed by atoms with Gasteiger partial charge in [0.25, 0.3) is 10.0 Å². The molecule has 0 atom stereocenters. The Labute approximate surface area is 178 Å². The van der Waals surface area contributed by atoms with Crippen molar-refractivity contribution in [1.82, 2.24) is 0 Å². The lowest BCUT2D eigenvalue weighted by atomic mass is 10.2. The van der Waals surface area contributed by atoms with Gasteiger partial charge in [0, 0.05) is 6.20 Å². The average Bonchev–Trinajstić information content (AvgIpc) is 2.75. The molecule has 0 saturated heterocycles. The largest absolute Gasteiger partial charge is 0.391 e. The van der Waals surface area contributed by atoms with Gasteiger partial charge in [-0.1, -0.05) is 70.9 Å². The molecule has 0 amide bonds. The summed E-state index contributed by atoms with van der Waals surface area (Å²) >= 11 is 0. The third kappa shape index (κ3) is 5.58. The average molecular weight is 421 g/mol. The summed E-state index contributed by atoms with van der Waals surface area (Å²) in [6, 6.07) is 23.7. The van der Waals surface area contributed by atoms with Gasteiger partial charge in [-0.05, 0) is 49.8 Å². The zero-order chi connectivity index (χ0) is 21.4. The van der Waals surface area contributed by atoms with E-state index in [0.29, 0.717) is 5.69 Å². The van der Waals surface area contributed by atoms with E-state index in [1.165, 1.54) is 10.5 Å². The maximum atomic E-state index is 13.2. The van der Waals surface area contributed by atoms with Crippen LogP contribution in [0.4, 0.5) is 5.69 Å². The highest BCUT2D eigenvalue weighted by atomic mass is 32.2. The van der Waals surface area contributed by atoms with Crippen molar-refractivity contribution in [3.63, 3.8) is 0 Å². The first-order valence-corrected chi connectivity index (χ1v) is 11.0. The van der Waals surface area contributed by atoms with Crippen LogP contribution in [0.15, 0.2) is 101 Å². The summed E-state index contributed by atoms with van der Waals surface area (Å²) in [6.07, 6.45) is 4.72. The van der Waals surface area contributed by atoms with Crippen molar-refractivity contribution < 1.29 is 13.3 Å². The number of oxime groups is 1. The fourth-order valence-corrected chi connectivity index (χ4v) is 4.04. The minimum absolute atomic E-state index is 0.134. The van der Waals surface area contributed by atoms with Crippen molar-refractivity contribution in [3.8, 4) is 0 Å². The Balaban J connectivity index is 1.78. The van der Waals surface area contributed by atoms with E-state index in [1.54, 1.807) is 48.7 Å². The Morgan fingerprint density at radius 3 is 2.10 bits per heavy atom. The van der Waals surface area contributed by atoms with Crippen LogP contribution in [-0.2, 0) is 14.9 Å². The Morgan fingerprint density at radius 1 is 0.867 bits per heavy atom. The van der Waals surface area contributed by atoms with Crippen LogP contribution in [0.2, 0.25) is 0 Å². The van der Waals surface area contributed by atoms with E-state index in [9.17, 15) is 8.42 Å². The minimum atomic E-state index is -3.77. The summed E-state index contributed by atoms with van der Waals surface area (Å²) in [5.74, 6) is 0. The number of hydrogen-bond acceptors (Lipinski definition) is 4. The smallest absolute Gasteiger partial charge is 0.268 e. The monoisotopic (exact) mass is 420 g/mol. The SMILES string of the molecule is Cc1ccc(N(/C=C/CO/N=C/c2ccccc2)S(=O)(=O)c2ccc(C)cc2)cc1. The molecular weight excluding hydrogens is 396 g/mol. The molecular formula is C24H24N2O3S. The maximum absolute atomic E-state index is 13.2. The van der Waals surface area contributed by atoms with E-state index in [0.717, 1.165) is 16.7 Å². The van der Waals surface area contributed by atoms with Gasteiger partial charge in [-0.2, -0.15) is 0 Å². The summed E-state index contributed by atoms with van der Waals surface area (Å²) in [5.41, 5.74) is 3.51. The van der Waals surface area contributed by atoms with Crippen molar-refractivity contribution >= 4 is 21.9 Å². The van der Waals surface area contributed by atoms with Gasteiger partial charge in [0.2, 0.25) is 0 Å². The summed E-state index contributed by atoms with van der Waals surface area (Å²) in [7, 11) is -3.77. The second-order valence-corrected chi connectivity index (χ2v) is 8.59. The van der Waals surface area contributed by atoms with Gasteiger partial charge < -0.3 is 4.84 Å². The molecule has 0 fully saturated rings. The van der Waals surface area contributed by atoms with Crippen LogP contribution in [0.5, 0.6) is 0 Å². The Hall–Kier alpha value is -3.38. The van der Waals surface area contributed by atoms with E-state index in [-0.39, 0.29) is 11.5 Å². The lowest BCUT2D eigenvalue weighted by molar-refractivity contribution is 0.176. The molecule has 0 N–H and O–H groups in total. The second-order valence-electron chi connectivity index (χ2n) is 6.78. The molecule has 0 heterocycles.